The van der Waals surface area contributed by atoms with E-state index in [0.717, 1.165) is 5.56 Å². The third-order valence-corrected chi connectivity index (χ3v) is 2.51. The number of carboxylic acid groups (broad SMARTS) is 1. The van der Waals surface area contributed by atoms with E-state index in [9.17, 15) is 18.0 Å². The molecule has 1 atom stereocenters. The lowest BCUT2D eigenvalue weighted by Gasteiger charge is -2.24. The van der Waals surface area contributed by atoms with E-state index in [2.05, 4.69) is 0 Å². The second-order valence-corrected chi connectivity index (χ2v) is 3.82. The number of halogens is 3. The van der Waals surface area contributed by atoms with Crippen LogP contribution in [0.25, 0.3) is 6.08 Å². The van der Waals surface area contributed by atoms with E-state index in [-0.39, 0.29) is 5.75 Å². The maximum absolute atomic E-state index is 12.7. The first-order valence-corrected chi connectivity index (χ1v) is 5.37. The van der Waals surface area contributed by atoms with Gasteiger partial charge in [-0.05, 0) is 25.1 Å². The highest BCUT2D eigenvalue weighted by Gasteiger charge is 2.34. The second-order valence-electron chi connectivity index (χ2n) is 3.82. The van der Waals surface area contributed by atoms with E-state index >= 15 is 0 Å². The summed E-state index contributed by atoms with van der Waals surface area (Å²) in [4.78, 5) is 10.9. The van der Waals surface area contributed by atoms with Crippen LogP contribution >= 0.6 is 0 Å². The summed E-state index contributed by atoms with van der Waals surface area (Å²) in [6, 6.07) is 4.98. The molecule has 19 heavy (non-hydrogen) atoms. The van der Waals surface area contributed by atoms with Crippen molar-refractivity contribution in [3.05, 3.63) is 34.9 Å². The van der Waals surface area contributed by atoms with Crippen LogP contribution in [-0.2, 0) is 4.79 Å². The van der Waals surface area contributed by atoms with Crippen LogP contribution in [0.4, 0.5) is 13.2 Å². The summed E-state index contributed by atoms with van der Waals surface area (Å²) < 4.78 is 39.9. The molecule has 0 saturated heterocycles. The van der Waals surface area contributed by atoms with Gasteiger partial charge >= 0.3 is 5.97 Å². The van der Waals surface area contributed by atoms with Crippen molar-refractivity contribution in [2.45, 2.75) is 19.5 Å². The molecule has 0 spiro atoms. The lowest BCUT2D eigenvalue weighted by atomic mass is 10.0. The van der Waals surface area contributed by atoms with E-state index in [4.69, 9.17) is 9.84 Å². The zero-order valence-corrected chi connectivity index (χ0v) is 10.4. The number of alkyl halides is 3. The van der Waals surface area contributed by atoms with Crippen LogP contribution in [-0.4, -0.2) is 30.8 Å². The molecule has 0 radical (unpaired) electrons. The molecule has 1 unspecified atom stereocenters. The van der Waals surface area contributed by atoms with E-state index in [0.29, 0.717) is 12.7 Å². The number of ether oxygens (including phenoxy) is 1. The van der Waals surface area contributed by atoms with Crippen molar-refractivity contribution in [1.82, 2.24) is 0 Å². The highest BCUT2D eigenvalue weighted by Crippen LogP contribution is 2.32. The Hall–Kier alpha value is -1.98. The van der Waals surface area contributed by atoms with Crippen LogP contribution in [0.2, 0.25) is 0 Å². The number of hydrogen-bond acceptors (Lipinski definition) is 2. The van der Waals surface area contributed by atoms with Gasteiger partial charge in [0.25, 0.3) is 6.43 Å². The molecule has 1 heterocycles. The zero-order chi connectivity index (χ0) is 14.6. The van der Waals surface area contributed by atoms with E-state index in [1.165, 1.54) is 6.08 Å². The molecule has 0 fully saturated rings. The molecule has 3 nitrogen and oxygen atoms in total. The highest BCUT2D eigenvalue weighted by atomic mass is 19.3. The fourth-order valence-electron chi connectivity index (χ4n) is 1.71. The lowest BCUT2D eigenvalue weighted by Crippen LogP contribution is -2.33. The van der Waals surface area contributed by atoms with Gasteiger partial charge in [-0.2, -0.15) is 0 Å². The van der Waals surface area contributed by atoms with Crippen molar-refractivity contribution in [1.29, 1.82) is 0 Å². The fourth-order valence-corrected chi connectivity index (χ4v) is 1.71. The predicted octanol–water partition coefficient (Wildman–Crippen LogP) is 3.07. The number of hydrogen-bond donors (Lipinski definition) is 1. The summed E-state index contributed by atoms with van der Waals surface area (Å²) in [7, 11) is 0.500. The lowest BCUT2D eigenvalue weighted by molar-refractivity contribution is -0.134. The van der Waals surface area contributed by atoms with Gasteiger partial charge in [0.1, 0.15) is 5.75 Å². The Kier molecular flexibility index (Phi) is 4.97. The topological polar surface area (TPSA) is 46.5 Å². The average molecular weight is 274 g/mol. The molecule has 0 saturated carbocycles. The van der Waals surface area contributed by atoms with E-state index < -0.39 is 24.1 Å². The van der Waals surface area contributed by atoms with Crippen molar-refractivity contribution in [2.24, 2.45) is 0 Å². The first-order valence-electron chi connectivity index (χ1n) is 5.37. The quantitative estimate of drug-likeness (QED) is 0.901. The zero-order valence-electron chi connectivity index (χ0n) is 10.4. The van der Waals surface area contributed by atoms with Crippen LogP contribution in [0.3, 0.4) is 0 Å². The van der Waals surface area contributed by atoms with Gasteiger partial charge in [-0.1, -0.05) is 11.6 Å². The summed E-state index contributed by atoms with van der Waals surface area (Å²) in [5, 5.41) is 8.87. The van der Waals surface area contributed by atoms with Crippen LogP contribution in [0.1, 0.15) is 11.1 Å². The largest absolute Gasteiger partial charge is 0.479 e. The number of benzene rings is 1. The number of carboxylic acids is 1. The molecular weight excluding hydrogens is 261 g/mol. The third kappa shape index (κ3) is 3.27. The van der Waals surface area contributed by atoms with Crippen molar-refractivity contribution < 1.29 is 27.8 Å². The Morgan fingerprint density at radius 2 is 2.00 bits per heavy atom. The normalized spacial score (nSPS) is 16.7. The van der Waals surface area contributed by atoms with Gasteiger partial charge in [-0.25, -0.2) is 13.6 Å². The second kappa shape index (κ2) is 6.26. The maximum Gasteiger partial charge on any atom is 0.335 e. The molecule has 0 aromatic heterocycles. The highest BCUT2D eigenvalue weighted by molar-refractivity contribution is 5.94. The Labute approximate surface area is 108 Å². The standard InChI is InChI=1S/C12H10F2O3.CH3F/c1-6-2-3-9-7(4-6)5-8(12(15)16)10(17-9)11(13)14;1-2/h2-5,10-11H,1H3,(H,15,16);1H3. The van der Waals surface area contributed by atoms with Crippen LogP contribution in [0.15, 0.2) is 23.8 Å². The minimum Gasteiger partial charge on any atom is -0.479 e. The third-order valence-electron chi connectivity index (χ3n) is 2.51. The van der Waals surface area contributed by atoms with Crippen LogP contribution < -0.4 is 4.74 Å². The summed E-state index contributed by atoms with van der Waals surface area (Å²) in [5.74, 6) is -1.10. The summed E-state index contributed by atoms with van der Waals surface area (Å²) in [5.41, 5.74) is 1.00. The maximum atomic E-state index is 12.7. The summed E-state index contributed by atoms with van der Waals surface area (Å²) in [6.45, 7) is 1.83. The van der Waals surface area contributed by atoms with Crippen molar-refractivity contribution in [2.75, 3.05) is 7.18 Å². The molecule has 0 bridgehead atoms. The molecule has 0 aliphatic carbocycles. The van der Waals surface area contributed by atoms with Crippen molar-refractivity contribution >= 4 is 12.0 Å². The molecule has 1 aliphatic heterocycles. The van der Waals surface area contributed by atoms with Gasteiger partial charge in [0.05, 0.1) is 12.8 Å². The SMILES string of the molecule is CF.Cc1ccc2c(c1)C=C(C(=O)O)C(C(F)F)O2. The molecule has 6 heteroatoms. The number of aryl methyl sites for hydroxylation is 1. The fraction of sp³-hybridized carbons (Fsp3) is 0.308. The predicted molar refractivity (Wildman–Crippen MR) is 64.2 cm³/mol. The number of aliphatic carboxylic acids is 1. The number of rotatable bonds is 2. The average Bonchev–Trinajstić information content (AvgIpc) is 2.39. The van der Waals surface area contributed by atoms with Gasteiger partial charge in [0, 0.05) is 5.56 Å². The molecule has 2 rings (SSSR count). The van der Waals surface area contributed by atoms with Crippen LogP contribution in [0.5, 0.6) is 5.75 Å². The molecule has 104 valence electrons. The molecule has 1 aromatic rings. The van der Waals surface area contributed by atoms with Gasteiger partial charge < -0.3 is 9.84 Å². The number of fused-ring (bicyclic) bond motifs is 1. The van der Waals surface area contributed by atoms with Crippen molar-refractivity contribution in [3.8, 4) is 5.75 Å². The Morgan fingerprint density at radius 3 is 2.53 bits per heavy atom. The van der Waals surface area contributed by atoms with E-state index in [1.54, 1.807) is 18.2 Å². The Bertz CT molecular complexity index is 498. The molecular formula is C13H13F3O3. The molecule has 1 aromatic carbocycles. The number of carbonyl (C=O) groups is 1. The first-order chi connectivity index (χ1) is 8.99. The molecule has 0 amide bonds. The van der Waals surface area contributed by atoms with Gasteiger partial charge in [0.15, 0.2) is 6.10 Å². The Balaban J connectivity index is 0.000000861. The molecule has 1 N–H and O–H groups in total. The van der Waals surface area contributed by atoms with Crippen molar-refractivity contribution in [3.63, 3.8) is 0 Å². The van der Waals surface area contributed by atoms with Gasteiger partial charge in [-0.15, -0.1) is 0 Å². The molecule has 1 aliphatic rings. The monoisotopic (exact) mass is 274 g/mol. The summed E-state index contributed by atoms with van der Waals surface area (Å²) >= 11 is 0. The minimum absolute atomic E-state index is 0.283. The first kappa shape index (κ1) is 15.1. The summed E-state index contributed by atoms with van der Waals surface area (Å²) in [6.07, 6.45) is -3.33. The van der Waals surface area contributed by atoms with Crippen LogP contribution in [0, 0.1) is 6.92 Å². The smallest absolute Gasteiger partial charge is 0.335 e. The Morgan fingerprint density at radius 1 is 1.37 bits per heavy atom. The van der Waals surface area contributed by atoms with Gasteiger partial charge in [-0.3, -0.25) is 4.39 Å². The minimum atomic E-state index is -2.87. The van der Waals surface area contributed by atoms with Gasteiger partial charge in [0.2, 0.25) is 0 Å². The van der Waals surface area contributed by atoms with E-state index in [1.807, 2.05) is 6.92 Å².